The number of carbonyl (C=O) groups excluding carboxylic acids is 1. The second kappa shape index (κ2) is 7.03. The van der Waals surface area contributed by atoms with Crippen LogP contribution in [-0.2, 0) is 16.2 Å². The summed E-state index contributed by atoms with van der Waals surface area (Å²) in [5.41, 5.74) is 3.00. The number of hydrogen-bond donors (Lipinski definition) is 1. The fraction of sp³-hybridized carbons (Fsp3) is 0.500. The van der Waals surface area contributed by atoms with Gasteiger partial charge >= 0.3 is 5.97 Å². The van der Waals surface area contributed by atoms with E-state index in [1.54, 1.807) is 14.3 Å². The van der Waals surface area contributed by atoms with Crippen LogP contribution >= 0.6 is 12.2 Å². The number of hydrogen-bond acceptors (Lipinski definition) is 7. The van der Waals surface area contributed by atoms with Gasteiger partial charge in [-0.3, -0.25) is 9.69 Å². The molecule has 2 heterocycles. The van der Waals surface area contributed by atoms with Gasteiger partial charge in [-0.05, 0) is 47.6 Å². The van der Waals surface area contributed by atoms with Crippen molar-refractivity contribution in [3.8, 4) is 5.69 Å². The number of β-amino-alcohol motifs (C(OH)–C–C–N with tert-alkyl or cyclic N) is 1. The van der Waals surface area contributed by atoms with Gasteiger partial charge in [0.05, 0.1) is 25.6 Å². The van der Waals surface area contributed by atoms with Gasteiger partial charge in [0.1, 0.15) is 6.04 Å². The first-order valence-corrected chi connectivity index (χ1v) is 8.42. The van der Waals surface area contributed by atoms with Crippen molar-refractivity contribution in [2.24, 2.45) is 0 Å². The molecular formula is C16H21N5O3S. The molecule has 1 N–H and O–H groups in total. The van der Waals surface area contributed by atoms with E-state index in [-0.39, 0.29) is 12.6 Å². The summed E-state index contributed by atoms with van der Waals surface area (Å²) in [6.07, 6.45) is -0.239. The standard InChI is InChI=1S/C16H21N5O3S/c1-10-5-4-6-11(2)14(10)21-16(25)20(17-18-21)9-19-8-12(22)7-13(19)15(23)24-3/h4-6,12-13,22H,7-9H2,1-3H3/t12-,13-/m0/s1. The van der Waals surface area contributed by atoms with E-state index in [9.17, 15) is 9.90 Å². The molecule has 0 saturated carbocycles. The Kier molecular flexibility index (Phi) is 4.98. The van der Waals surface area contributed by atoms with E-state index >= 15 is 0 Å². The Morgan fingerprint density at radius 2 is 2.04 bits per heavy atom. The Labute approximate surface area is 150 Å². The zero-order chi connectivity index (χ0) is 18.1. The monoisotopic (exact) mass is 363 g/mol. The number of methoxy groups -OCH3 is 1. The summed E-state index contributed by atoms with van der Waals surface area (Å²) in [4.78, 5) is 13.7. The quantitative estimate of drug-likeness (QED) is 0.640. The van der Waals surface area contributed by atoms with Crippen LogP contribution in [0.3, 0.4) is 0 Å². The molecule has 2 atom stereocenters. The van der Waals surface area contributed by atoms with Gasteiger partial charge in [0.2, 0.25) is 4.77 Å². The molecule has 1 fully saturated rings. The smallest absolute Gasteiger partial charge is 0.323 e. The van der Waals surface area contributed by atoms with E-state index in [2.05, 4.69) is 10.4 Å². The number of para-hydroxylation sites is 1. The number of aryl methyl sites for hydroxylation is 2. The second-order valence-electron chi connectivity index (χ2n) is 6.25. The number of aromatic nitrogens is 4. The van der Waals surface area contributed by atoms with Gasteiger partial charge in [0, 0.05) is 13.0 Å². The number of esters is 1. The van der Waals surface area contributed by atoms with Crippen molar-refractivity contribution >= 4 is 18.2 Å². The number of nitrogens with zero attached hydrogens (tertiary/aromatic N) is 5. The average Bonchev–Trinajstić information content (AvgIpc) is 3.11. The number of likely N-dealkylation sites (tertiary alicyclic amines) is 1. The predicted molar refractivity (Wildman–Crippen MR) is 92.8 cm³/mol. The maximum Gasteiger partial charge on any atom is 0.323 e. The van der Waals surface area contributed by atoms with Gasteiger partial charge < -0.3 is 9.84 Å². The summed E-state index contributed by atoms with van der Waals surface area (Å²) >= 11 is 5.52. The van der Waals surface area contributed by atoms with Gasteiger partial charge in [0.25, 0.3) is 0 Å². The normalized spacial score (nSPS) is 20.8. The minimum atomic E-state index is -0.577. The van der Waals surface area contributed by atoms with E-state index in [0.717, 1.165) is 16.8 Å². The lowest BCUT2D eigenvalue weighted by Gasteiger charge is -2.21. The number of rotatable bonds is 4. The molecule has 0 unspecified atom stereocenters. The number of aliphatic hydroxyl groups excluding tert-OH is 1. The van der Waals surface area contributed by atoms with E-state index in [4.69, 9.17) is 17.0 Å². The largest absolute Gasteiger partial charge is 0.468 e. The van der Waals surface area contributed by atoms with Gasteiger partial charge in [-0.2, -0.15) is 4.68 Å². The average molecular weight is 363 g/mol. The van der Waals surface area contributed by atoms with E-state index < -0.39 is 12.1 Å². The molecule has 0 spiro atoms. The van der Waals surface area contributed by atoms with Crippen LogP contribution in [0.15, 0.2) is 18.2 Å². The lowest BCUT2D eigenvalue weighted by Crippen LogP contribution is -2.38. The van der Waals surface area contributed by atoms with Crippen molar-refractivity contribution in [3.05, 3.63) is 34.1 Å². The highest BCUT2D eigenvalue weighted by Crippen LogP contribution is 2.21. The Bertz CT molecular complexity index is 826. The Hall–Kier alpha value is -2.10. The van der Waals surface area contributed by atoms with Crippen molar-refractivity contribution in [1.82, 2.24) is 24.7 Å². The zero-order valence-electron chi connectivity index (χ0n) is 14.4. The lowest BCUT2D eigenvalue weighted by molar-refractivity contribution is -0.146. The minimum Gasteiger partial charge on any atom is -0.468 e. The maximum atomic E-state index is 11.9. The highest BCUT2D eigenvalue weighted by atomic mass is 32.1. The van der Waals surface area contributed by atoms with Crippen molar-refractivity contribution in [2.75, 3.05) is 13.7 Å². The molecule has 1 aromatic carbocycles. The molecule has 1 aliphatic heterocycles. The third kappa shape index (κ3) is 3.35. The van der Waals surface area contributed by atoms with Gasteiger partial charge in [0.15, 0.2) is 0 Å². The van der Waals surface area contributed by atoms with Crippen LogP contribution in [0.4, 0.5) is 0 Å². The minimum absolute atomic E-state index is 0.264. The van der Waals surface area contributed by atoms with E-state index in [0.29, 0.717) is 17.7 Å². The first-order chi connectivity index (χ1) is 11.9. The molecular weight excluding hydrogens is 342 g/mol. The number of aliphatic hydroxyl groups is 1. The van der Waals surface area contributed by atoms with Crippen molar-refractivity contribution in [1.29, 1.82) is 0 Å². The molecule has 0 aliphatic carbocycles. The predicted octanol–water partition coefficient (Wildman–Crippen LogP) is 0.981. The zero-order valence-corrected chi connectivity index (χ0v) is 15.2. The highest BCUT2D eigenvalue weighted by Gasteiger charge is 2.37. The Morgan fingerprint density at radius 1 is 1.36 bits per heavy atom. The third-order valence-electron chi connectivity index (χ3n) is 4.46. The molecule has 1 aliphatic rings. The molecule has 1 saturated heterocycles. The topological polar surface area (TPSA) is 85.4 Å². The fourth-order valence-corrected chi connectivity index (χ4v) is 3.45. The molecule has 2 aromatic rings. The molecule has 0 amide bonds. The molecule has 134 valence electrons. The van der Waals surface area contributed by atoms with Crippen LogP contribution in [0.25, 0.3) is 5.69 Å². The molecule has 0 bridgehead atoms. The van der Waals surface area contributed by atoms with Crippen LogP contribution in [0.5, 0.6) is 0 Å². The Balaban J connectivity index is 1.89. The summed E-state index contributed by atoms with van der Waals surface area (Å²) in [6.45, 7) is 4.61. The third-order valence-corrected chi connectivity index (χ3v) is 4.84. The second-order valence-corrected chi connectivity index (χ2v) is 6.62. The van der Waals surface area contributed by atoms with Crippen LogP contribution in [0.1, 0.15) is 17.5 Å². The van der Waals surface area contributed by atoms with E-state index in [1.807, 2.05) is 32.0 Å². The van der Waals surface area contributed by atoms with Gasteiger partial charge in [-0.25, -0.2) is 4.68 Å². The SMILES string of the molecule is COC(=O)[C@@H]1C[C@H](O)CN1Cn1nnn(-c2c(C)cccc2C)c1=S. The maximum absolute atomic E-state index is 11.9. The number of ether oxygens (including phenoxy) is 1. The summed E-state index contributed by atoms with van der Waals surface area (Å²) in [5.74, 6) is -0.370. The summed E-state index contributed by atoms with van der Waals surface area (Å²) in [7, 11) is 1.34. The fourth-order valence-electron chi connectivity index (χ4n) is 3.23. The summed E-state index contributed by atoms with van der Waals surface area (Å²) in [5, 5.41) is 18.2. The van der Waals surface area contributed by atoms with Crippen LogP contribution < -0.4 is 0 Å². The molecule has 8 nitrogen and oxygen atoms in total. The molecule has 3 rings (SSSR count). The van der Waals surface area contributed by atoms with Crippen molar-refractivity contribution in [2.45, 2.75) is 39.1 Å². The first kappa shape index (κ1) is 17.7. The van der Waals surface area contributed by atoms with Crippen molar-refractivity contribution < 1.29 is 14.6 Å². The lowest BCUT2D eigenvalue weighted by atomic mass is 10.1. The van der Waals surface area contributed by atoms with Crippen LogP contribution in [0, 0.1) is 18.6 Å². The van der Waals surface area contributed by atoms with Gasteiger partial charge in [-0.1, -0.05) is 18.2 Å². The molecule has 0 radical (unpaired) electrons. The van der Waals surface area contributed by atoms with Crippen LogP contribution in [0.2, 0.25) is 0 Å². The molecule has 1 aromatic heterocycles. The molecule has 9 heteroatoms. The first-order valence-electron chi connectivity index (χ1n) is 8.01. The summed E-state index contributed by atoms with van der Waals surface area (Å²) in [6, 6.07) is 5.46. The summed E-state index contributed by atoms with van der Waals surface area (Å²) < 4.78 is 8.43. The van der Waals surface area contributed by atoms with Crippen LogP contribution in [-0.4, -0.2) is 61.6 Å². The number of benzene rings is 1. The van der Waals surface area contributed by atoms with E-state index in [1.165, 1.54) is 7.11 Å². The van der Waals surface area contributed by atoms with Gasteiger partial charge in [-0.15, -0.1) is 0 Å². The number of carbonyl (C=O) groups is 1. The van der Waals surface area contributed by atoms with Crippen molar-refractivity contribution in [3.63, 3.8) is 0 Å². The highest BCUT2D eigenvalue weighted by molar-refractivity contribution is 7.71. The molecule has 25 heavy (non-hydrogen) atoms. The Morgan fingerprint density at radius 3 is 2.68 bits per heavy atom. The number of tetrazole rings is 1.